The molecule has 0 aromatic carbocycles. The number of carbonyl (C=O) groups excluding carboxylic acids is 2. The van der Waals surface area contributed by atoms with Crippen molar-refractivity contribution in [1.82, 2.24) is 30.2 Å². The molecule has 2 saturated heterocycles. The fraction of sp³-hybridized carbons (Fsp3) is 0.913. The minimum absolute atomic E-state index is 0.0214. The average Bonchev–Trinajstić information content (AvgIpc) is 2.83. The van der Waals surface area contributed by atoms with E-state index in [1.165, 1.54) is 0 Å². The van der Waals surface area contributed by atoms with Crippen molar-refractivity contribution >= 4 is 11.8 Å². The molecule has 0 aromatic rings. The molecule has 0 atom stereocenters. The lowest BCUT2D eigenvalue weighted by Crippen LogP contribution is -2.48. The van der Waals surface area contributed by atoms with Crippen LogP contribution in [0.5, 0.6) is 0 Å². The summed E-state index contributed by atoms with van der Waals surface area (Å²) in [5.74, 6) is -0.0987. The molecule has 0 aromatic heterocycles. The molecule has 2 amide bonds. The lowest BCUT2D eigenvalue weighted by molar-refractivity contribution is -0.126. The number of amides is 2. The largest absolute Gasteiger partial charge is 0.372 e. The van der Waals surface area contributed by atoms with Crippen LogP contribution in [0, 0.1) is 0 Å². The van der Waals surface area contributed by atoms with E-state index >= 15 is 0 Å². The van der Waals surface area contributed by atoms with Crippen molar-refractivity contribution in [3.8, 4) is 0 Å². The molecule has 0 unspecified atom stereocenters. The number of hydrogen-bond acceptors (Lipinski definition) is 8. The topological polar surface area (TPSA) is 89.6 Å². The second kappa shape index (κ2) is 17.2. The van der Waals surface area contributed by atoms with Crippen LogP contribution in [0.4, 0.5) is 0 Å². The van der Waals surface area contributed by atoms with E-state index in [1.807, 2.05) is 0 Å². The van der Waals surface area contributed by atoms with Crippen LogP contribution < -0.4 is 10.6 Å². The third-order valence-electron chi connectivity index (χ3n) is 6.33. The second-order valence-electron chi connectivity index (χ2n) is 9.02. The highest BCUT2D eigenvalue weighted by Gasteiger charge is 2.16. The van der Waals surface area contributed by atoms with Gasteiger partial charge >= 0.3 is 0 Å². The second-order valence-corrected chi connectivity index (χ2v) is 9.02. The highest BCUT2D eigenvalue weighted by atomic mass is 16.5. The van der Waals surface area contributed by atoms with E-state index in [4.69, 9.17) is 9.47 Å². The van der Waals surface area contributed by atoms with E-state index in [2.05, 4.69) is 37.3 Å². The predicted molar refractivity (Wildman–Crippen MR) is 129 cm³/mol. The van der Waals surface area contributed by atoms with Crippen LogP contribution in [0.3, 0.4) is 0 Å². The van der Waals surface area contributed by atoms with Gasteiger partial charge < -0.3 is 34.8 Å². The fourth-order valence-electron chi connectivity index (χ4n) is 4.04. The molecular weight excluding hydrogens is 424 g/mol. The molecule has 0 spiro atoms. The molecule has 10 heteroatoms. The summed E-state index contributed by atoms with van der Waals surface area (Å²) < 4.78 is 10.9. The Bertz CT molecular complexity index is 537. The van der Waals surface area contributed by atoms with Crippen LogP contribution in [0.2, 0.25) is 0 Å². The SMILES string of the molecule is CNC(=O)COCCCCN1CCN(CCNC(=O)COCCCN2CCN(C)CC2)CC1. The van der Waals surface area contributed by atoms with Crippen LogP contribution in [-0.2, 0) is 19.1 Å². The third-order valence-corrected chi connectivity index (χ3v) is 6.33. The van der Waals surface area contributed by atoms with E-state index in [9.17, 15) is 9.59 Å². The number of nitrogens with one attached hydrogen (secondary N) is 2. The molecule has 33 heavy (non-hydrogen) atoms. The van der Waals surface area contributed by atoms with Gasteiger partial charge in [0.2, 0.25) is 11.8 Å². The Morgan fingerprint density at radius 1 is 0.697 bits per heavy atom. The molecule has 10 nitrogen and oxygen atoms in total. The van der Waals surface area contributed by atoms with Gasteiger partial charge in [0.1, 0.15) is 13.2 Å². The van der Waals surface area contributed by atoms with Crippen molar-refractivity contribution < 1.29 is 19.1 Å². The molecule has 0 saturated carbocycles. The number of hydrogen-bond donors (Lipinski definition) is 2. The summed E-state index contributed by atoms with van der Waals surface area (Å²) in [6.07, 6.45) is 3.03. The monoisotopic (exact) mass is 470 g/mol. The van der Waals surface area contributed by atoms with Gasteiger partial charge in [-0.25, -0.2) is 0 Å². The lowest BCUT2D eigenvalue weighted by Gasteiger charge is -2.34. The van der Waals surface area contributed by atoms with E-state index in [0.717, 1.165) is 91.3 Å². The smallest absolute Gasteiger partial charge is 0.246 e. The van der Waals surface area contributed by atoms with Crippen molar-refractivity contribution in [2.75, 3.05) is 119 Å². The maximum atomic E-state index is 12.0. The molecule has 0 bridgehead atoms. The maximum Gasteiger partial charge on any atom is 0.246 e. The van der Waals surface area contributed by atoms with Gasteiger partial charge in [-0.1, -0.05) is 0 Å². The third kappa shape index (κ3) is 13.2. The summed E-state index contributed by atoms with van der Waals surface area (Å²) >= 11 is 0. The standard InChI is InChI=1S/C23H46N6O4/c1-24-22(30)20-32-18-4-3-7-27-14-16-29(17-15-27)9-6-25-23(31)21-33-19-5-8-28-12-10-26(2)11-13-28/h3-21H2,1-2H3,(H,24,30)(H,25,31). The lowest BCUT2D eigenvalue weighted by atomic mass is 10.2. The maximum absolute atomic E-state index is 12.0. The van der Waals surface area contributed by atoms with Gasteiger partial charge in [0.25, 0.3) is 0 Å². The Kier molecular flexibility index (Phi) is 14.5. The van der Waals surface area contributed by atoms with Gasteiger partial charge in [0, 0.05) is 92.3 Å². The van der Waals surface area contributed by atoms with Gasteiger partial charge in [-0.2, -0.15) is 0 Å². The molecular formula is C23H46N6O4. The first-order valence-corrected chi connectivity index (χ1v) is 12.5. The predicted octanol–water partition coefficient (Wildman–Crippen LogP) is -1.08. The molecule has 2 aliphatic rings. The molecule has 2 N–H and O–H groups in total. The number of carbonyl (C=O) groups is 2. The molecule has 2 heterocycles. The van der Waals surface area contributed by atoms with Crippen molar-refractivity contribution in [3.05, 3.63) is 0 Å². The van der Waals surface area contributed by atoms with Crippen LogP contribution in [0.1, 0.15) is 19.3 Å². The molecule has 192 valence electrons. The van der Waals surface area contributed by atoms with Gasteiger partial charge in [0.15, 0.2) is 0 Å². The first-order chi connectivity index (χ1) is 16.1. The Morgan fingerprint density at radius 3 is 1.85 bits per heavy atom. The van der Waals surface area contributed by atoms with Crippen LogP contribution in [0.15, 0.2) is 0 Å². The Labute approximate surface area is 199 Å². The van der Waals surface area contributed by atoms with Gasteiger partial charge in [-0.3, -0.25) is 14.5 Å². The highest BCUT2D eigenvalue weighted by molar-refractivity contribution is 5.77. The van der Waals surface area contributed by atoms with E-state index < -0.39 is 0 Å². The van der Waals surface area contributed by atoms with E-state index in [1.54, 1.807) is 7.05 Å². The van der Waals surface area contributed by atoms with Crippen molar-refractivity contribution in [2.24, 2.45) is 0 Å². The van der Waals surface area contributed by atoms with Gasteiger partial charge in [0.05, 0.1) is 0 Å². The van der Waals surface area contributed by atoms with Crippen molar-refractivity contribution in [1.29, 1.82) is 0 Å². The zero-order chi connectivity index (χ0) is 23.7. The summed E-state index contributed by atoms with van der Waals surface area (Å²) in [6, 6.07) is 0. The molecule has 0 radical (unpaired) electrons. The van der Waals surface area contributed by atoms with Crippen LogP contribution in [0.25, 0.3) is 0 Å². The number of nitrogens with zero attached hydrogens (tertiary/aromatic N) is 4. The van der Waals surface area contributed by atoms with Crippen molar-refractivity contribution in [3.63, 3.8) is 0 Å². The number of likely N-dealkylation sites (N-methyl/N-ethyl adjacent to an activating group) is 2. The quantitative estimate of drug-likeness (QED) is 0.275. The van der Waals surface area contributed by atoms with Gasteiger partial charge in [-0.15, -0.1) is 0 Å². The fourth-order valence-corrected chi connectivity index (χ4v) is 4.04. The summed E-state index contributed by atoms with van der Waals surface area (Å²) in [5.41, 5.74) is 0. The number of ether oxygens (including phenoxy) is 2. The first kappa shape index (κ1) is 27.9. The van der Waals surface area contributed by atoms with Crippen LogP contribution >= 0.6 is 0 Å². The molecule has 2 aliphatic heterocycles. The summed E-state index contributed by atoms with van der Waals surface area (Å²) in [7, 11) is 3.78. The van der Waals surface area contributed by atoms with E-state index in [0.29, 0.717) is 19.8 Å². The van der Waals surface area contributed by atoms with Crippen molar-refractivity contribution in [2.45, 2.75) is 19.3 Å². The zero-order valence-electron chi connectivity index (χ0n) is 20.9. The first-order valence-electron chi connectivity index (χ1n) is 12.5. The number of unbranched alkanes of at least 4 members (excludes halogenated alkanes) is 1. The summed E-state index contributed by atoms with van der Waals surface area (Å²) in [4.78, 5) is 32.8. The summed E-state index contributed by atoms with van der Waals surface area (Å²) in [6.45, 7) is 14.0. The van der Waals surface area contributed by atoms with E-state index in [-0.39, 0.29) is 25.0 Å². The highest BCUT2D eigenvalue weighted by Crippen LogP contribution is 2.04. The molecule has 0 aliphatic carbocycles. The summed E-state index contributed by atoms with van der Waals surface area (Å²) in [5, 5.41) is 5.52. The zero-order valence-corrected chi connectivity index (χ0v) is 20.9. The Balaban J connectivity index is 1.37. The molecule has 2 fully saturated rings. The van der Waals surface area contributed by atoms with Crippen LogP contribution in [-0.4, -0.2) is 150 Å². The Morgan fingerprint density at radius 2 is 1.21 bits per heavy atom. The molecule has 2 rings (SSSR count). The minimum atomic E-state index is -0.0773. The Hall–Kier alpha value is -1.30. The number of piperazine rings is 2. The number of rotatable bonds is 16. The minimum Gasteiger partial charge on any atom is -0.372 e. The van der Waals surface area contributed by atoms with Gasteiger partial charge in [-0.05, 0) is 32.9 Å². The average molecular weight is 471 g/mol. The normalized spacial score (nSPS) is 19.0.